The number of allylic oxidation sites excluding steroid dienone is 2. The van der Waals surface area contributed by atoms with Crippen LogP contribution in [0.4, 0.5) is 0 Å². The largest absolute Gasteiger partial charge is 0.0804 e. The first kappa shape index (κ1) is 15.4. The molecule has 20 heavy (non-hydrogen) atoms. The third-order valence-corrected chi connectivity index (χ3v) is 4.94. The van der Waals surface area contributed by atoms with Gasteiger partial charge in [-0.05, 0) is 49.2 Å². The standard InChI is InChI=1S/C20H30/c1-4-5-6-7-17(3)18-12-14-20(15-13-18)19-10-8-16(2)9-11-19/h8-11,14,17-18H,4-7,12-13,15H2,1-3H3. The molecule has 0 radical (unpaired) electrons. The summed E-state index contributed by atoms with van der Waals surface area (Å²) in [5.41, 5.74) is 4.36. The zero-order chi connectivity index (χ0) is 14.4. The minimum absolute atomic E-state index is 0.900. The Bertz CT molecular complexity index is 424. The highest BCUT2D eigenvalue weighted by Crippen LogP contribution is 2.35. The summed E-state index contributed by atoms with van der Waals surface area (Å²) in [4.78, 5) is 0. The van der Waals surface area contributed by atoms with Crippen molar-refractivity contribution in [1.29, 1.82) is 0 Å². The van der Waals surface area contributed by atoms with Gasteiger partial charge in [0.2, 0.25) is 0 Å². The Morgan fingerprint density at radius 3 is 2.50 bits per heavy atom. The molecule has 110 valence electrons. The Kier molecular flexibility index (Phi) is 5.88. The number of hydrogen-bond acceptors (Lipinski definition) is 0. The fourth-order valence-electron chi connectivity index (χ4n) is 3.35. The Hall–Kier alpha value is -1.04. The summed E-state index contributed by atoms with van der Waals surface area (Å²) in [5, 5.41) is 0. The average molecular weight is 270 g/mol. The summed E-state index contributed by atoms with van der Waals surface area (Å²) in [6.45, 7) is 6.92. The van der Waals surface area contributed by atoms with Crippen molar-refractivity contribution < 1.29 is 0 Å². The lowest BCUT2D eigenvalue weighted by molar-refractivity contribution is 0.308. The smallest absolute Gasteiger partial charge is 0.0228 e. The topological polar surface area (TPSA) is 0 Å². The molecule has 2 unspecified atom stereocenters. The third kappa shape index (κ3) is 4.23. The maximum Gasteiger partial charge on any atom is -0.0228 e. The zero-order valence-electron chi connectivity index (χ0n) is 13.5. The van der Waals surface area contributed by atoms with E-state index in [9.17, 15) is 0 Å². The van der Waals surface area contributed by atoms with Crippen molar-refractivity contribution in [2.75, 3.05) is 0 Å². The molecule has 2 atom stereocenters. The Morgan fingerprint density at radius 1 is 1.15 bits per heavy atom. The predicted molar refractivity (Wildman–Crippen MR) is 89.8 cm³/mol. The highest BCUT2D eigenvalue weighted by Gasteiger charge is 2.20. The average Bonchev–Trinajstić information content (AvgIpc) is 2.48. The van der Waals surface area contributed by atoms with Gasteiger partial charge in [-0.1, -0.05) is 75.4 Å². The van der Waals surface area contributed by atoms with E-state index in [1.54, 1.807) is 5.57 Å². The van der Waals surface area contributed by atoms with Crippen molar-refractivity contribution in [2.45, 2.75) is 65.7 Å². The lowest BCUT2D eigenvalue weighted by atomic mass is 9.78. The summed E-state index contributed by atoms with van der Waals surface area (Å²) >= 11 is 0. The second kappa shape index (κ2) is 7.67. The van der Waals surface area contributed by atoms with Crippen molar-refractivity contribution in [3.63, 3.8) is 0 Å². The van der Waals surface area contributed by atoms with Crippen molar-refractivity contribution in [2.24, 2.45) is 11.8 Å². The van der Waals surface area contributed by atoms with Crippen LogP contribution in [0.3, 0.4) is 0 Å². The van der Waals surface area contributed by atoms with Crippen LogP contribution in [-0.2, 0) is 0 Å². The number of aryl methyl sites for hydroxylation is 1. The first-order valence-corrected chi connectivity index (χ1v) is 8.46. The fourth-order valence-corrected chi connectivity index (χ4v) is 3.35. The SMILES string of the molecule is CCCCCC(C)C1CC=C(c2ccc(C)cc2)CC1. The van der Waals surface area contributed by atoms with Gasteiger partial charge < -0.3 is 0 Å². The van der Waals surface area contributed by atoms with Gasteiger partial charge in [0.1, 0.15) is 0 Å². The van der Waals surface area contributed by atoms with E-state index in [4.69, 9.17) is 0 Å². The lowest BCUT2D eigenvalue weighted by Crippen LogP contribution is -2.14. The molecular formula is C20H30. The van der Waals surface area contributed by atoms with Crippen LogP contribution >= 0.6 is 0 Å². The Labute approximate surface area is 125 Å². The van der Waals surface area contributed by atoms with Gasteiger partial charge in [-0.2, -0.15) is 0 Å². The van der Waals surface area contributed by atoms with Crippen LogP contribution in [0.25, 0.3) is 5.57 Å². The molecule has 0 bridgehead atoms. The first-order chi connectivity index (χ1) is 9.70. The molecule has 0 spiro atoms. The first-order valence-electron chi connectivity index (χ1n) is 8.46. The number of hydrogen-bond donors (Lipinski definition) is 0. The highest BCUT2D eigenvalue weighted by atomic mass is 14.3. The van der Waals surface area contributed by atoms with Crippen LogP contribution in [-0.4, -0.2) is 0 Å². The second-order valence-electron chi connectivity index (χ2n) is 6.60. The molecule has 0 aliphatic heterocycles. The van der Waals surface area contributed by atoms with Crippen molar-refractivity contribution in [1.82, 2.24) is 0 Å². The molecule has 1 aliphatic carbocycles. The van der Waals surface area contributed by atoms with Gasteiger partial charge in [-0.25, -0.2) is 0 Å². The summed E-state index contributed by atoms with van der Waals surface area (Å²) in [7, 11) is 0. The van der Waals surface area contributed by atoms with Crippen LogP contribution in [0.2, 0.25) is 0 Å². The van der Waals surface area contributed by atoms with Crippen molar-refractivity contribution >= 4 is 5.57 Å². The van der Waals surface area contributed by atoms with E-state index < -0.39 is 0 Å². The Balaban J connectivity index is 1.88. The van der Waals surface area contributed by atoms with Gasteiger partial charge in [0, 0.05) is 0 Å². The molecule has 0 nitrogen and oxygen atoms in total. The van der Waals surface area contributed by atoms with E-state index in [0.29, 0.717) is 0 Å². The molecule has 0 saturated heterocycles. The zero-order valence-corrected chi connectivity index (χ0v) is 13.5. The van der Waals surface area contributed by atoms with Crippen LogP contribution in [0, 0.1) is 18.8 Å². The summed E-state index contributed by atoms with van der Waals surface area (Å²) in [5.74, 6) is 1.82. The molecule has 1 aromatic rings. The van der Waals surface area contributed by atoms with Gasteiger partial charge in [-0.15, -0.1) is 0 Å². The van der Waals surface area contributed by atoms with E-state index in [0.717, 1.165) is 11.8 Å². The highest BCUT2D eigenvalue weighted by molar-refractivity contribution is 5.66. The molecule has 0 heteroatoms. The van der Waals surface area contributed by atoms with Gasteiger partial charge >= 0.3 is 0 Å². The lowest BCUT2D eigenvalue weighted by Gasteiger charge is -2.27. The van der Waals surface area contributed by atoms with Crippen LogP contribution < -0.4 is 0 Å². The molecule has 1 aromatic carbocycles. The third-order valence-electron chi connectivity index (χ3n) is 4.94. The van der Waals surface area contributed by atoms with Crippen LogP contribution in [0.5, 0.6) is 0 Å². The molecule has 0 fully saturated rings. The fraction of sp³-hybridized carbons (Fsp3) is 0.600. The molecule has 0 saturated carbocycles. The summed E-state index contributed by atoms with van der Waals surface area (Å²) < 4.78 is 0. The number of rotatable bonds is 6. The quantitative estimate of drug-likeness (QED) is 0.525. The van der Waals surface area contributed by atoms with Gasteiger partial charge in [0.05, 0.1) is 0 Å². The molecule has 1 aliphatic rings. The number of unbranched alkanes of at least 4 members (excludes halogenated alkanes) is 2. The van der Waals surface area contributed by atoms with E-state index in [2.05, 4.69) is 51.1 Å². The minimum Gasteiger partial charge on any atom is -0.0804 e. The monoisotopic (exact) mass is 270 g/mol. The van der Waals surface area contributed by atoms with E-state index in [1.807, 2.05) is 0 Å². The van der Waals surface area contributed by atoms with Crippen molar-refractivity contribution in [3.05, 3.63) is 41.5 Å². The summed E-state index contributed by atoms with van der Waals surface area (Å²) in [6, 6.07) is 9.03. The predicted octanol–water partition coefficient (Wildman–Crippen LogP) is 6.39. The second-order valence-corrected chi connectivity index (χ2v) is 6.60. The maximum absolute atomic E-state index is 2.51. The molecule has 2 rings (SSSR count). The minimum atomic E-state index is 0.900. The summed E-state index contributed by atoms with van der Waals surface area (Å²) in [6.07, 6.45) is 12.0. The normalized spacial score (nSPS) is 20.6. The molecule has 0 aromatic heterocycles. The van der Waals surface area contributed by atoms with Gasteiger partial charge in [-0.3, -0.25) is 0 Å². The Morgan fingerprint density at radius 2 is 1.90 bits per heavy atom. The van der Waals surface area contributed by atoms with Gasteiger partial charge in [0.15, 0.2) is 0 Å². The molecule has 0 amide bonds. The van der Waals surface area contributed by atoms with Gasteiger partial charge in [0.25, 0.3) is 0 Å². The van der Waals surface area contributed by atoms with E-state index in [1.165, 1.54) is 56.1 Å². The molecule has 0 N–H and O–H groups in total. The van der Waals surface area contributed by atoms with E-state index >= 15 is 0 Å². The molecule has 0 heterocycles. The number of benzene rings is 1. The van der Waals surface area contributed by atoms with Crippen LogP contribution in [0.15, 0.2) is 30.3 Å². The molecular weight excluding hydrogens is 240 g/mol. The van der Waals surface area contributed by atoms with E-state index in [-0.39, 0.29) is 0 Å². The van der Waals surface area contributed by atoms with Crippen molar-refractivity contribution in [3.8, 4) is 0 Å². The van der Waals surface area contributed by atoms with Crippen LogP contribution in [0.1, 0.15) is 69.9 Å². The maximum atomic E-state index is 2.51.